The topological polar surface area (TPSA) is 90.7 Å². The Hall–Kier alpha value is -2.46. The normalized spacial score (nSPS) is 20.0. The van der Waals surface area contributed by atoms with Gasteiger partial charge in [-0.05, 0) is 30.0 Å². The van der Waals surface area contributed by atoms with Crippen molar-refractivity contribution in [3.8, 4) is 5.75 Å². The van der Waals surface area contributed by atoms with Crippen LogP contribution in [0.15, 0.2) is 18.5 Å². The molecule has 2 aliphatic rings. The van der Waals surface area contributed by atoms with E-state index in [-0.39, 0.29) is 18.0 Å². The number of amides is 1. The maximum Gasteiger partial charge on any atom is 0.253 e. The first kappa shape index (κ1) is 17.9. The molecule has 27 heavy (non-hydrogen) atoms. The second-order valence-electron chi connectivity index (χ2n) is 6.81. The first-order valence-electron chi connectivity index (χ1n) is 8.64. The Bertz CT molecular complexity index is 932. The van der Waals surface area contributed by atoms with E-state index in [4.69, 9.17) is 0 Å². The second kappa shape index (κ2) is 6.93. The fourth-order valence-electron chi connectivity index (χ4n) is 3.54. The van der Waals surface area contributed by atoms with Crippen LogP contribution in [0.3, 0.4) is 0 Å². The van der Waals surface area contributed by atoms with Crippen molar-refractivity contribution in [2.45, 2.75) is 19.4 Å². The maximum absolute atomic E-state index is 15.2. The molecule has 1 amide bonds. The molecule has 1 aromatic heterocycles. The molecule has 0 spiro atoms. The van der Waals surface area contributed by atoms with Gasteiger partial charge >= 0.3 is 0 Å². The number of carbonyl (C=O) groups is 1. The molecule has 144 valence electrons. The summed E-state index contributed by atoms with van der Waals surface area (Å²) in [4.78, 5) is 13.6. The van der Waals surface area contributed by atoms with Crippen molar-refractivity contribution >= 4 is 22.8 Å². The lowest BCUT2D eigenvalue weighted by atomic mass is 9.97. The van der Waals surface area contributed by atoms with Crippen LogP contribution in [0.2, 0.25) is 0 Å². The van der Waals surface area contributed by atoms with Crippen LogP contribution < -0.4 is 9.03 Å². The minimum Gasteiger partial charge on any atom is -0.506 e. The van der Waals surface area contributed by atoms with Crippen molar-refractivity contribution in [2.75, 3.05) is 23.9 Å². The first-order chi connectivity index (χ1) is 12.9. The number of aromatic hydroxyl groups is 1. The Kier molecular flexibility index (Phi) is 4.60. The van der Waals surface area contributed by atoms with Crippen molar-refractivity contribution in [3.63, 3.8) is 0 Å². The molecule has 2 aliphatic heterocycles. The molecule has 2 N–H and O–H groups in total. The number of benzene rings is 1. The van der Waals surface area contributed by atoms with E-state index in [0.29, 0.717) is 18.5 Å². The molecule has 4 rings (SSSR count). The summed E-state index contributed by atoms with van der Waals surface area (Å²) in [6.45, 7) is 1.68. The number of fused-ring (bicyclic) bond motifs is 1. The van der Waals surface area contributed by atoms with Gasteiger partial charge in [-0.2, -0.15) is 5.10 Å². The number of carbonyl (C=O) groups excluding carboxylic acids is 1. The molecule has 1 saturated heterocycles. The lowest BCUT2D eigenvalue weighted by Crippen LogP contribution is -2.33. The third-order valence-corrected chi connectivity index (χ3v) is 6.02. The zero-order chi connectivity index (χ0) is 19.1. The monoisotopic (exact) mass is 393 g/mol. The molecule has 2 aromatic rings. The van der Waals surface area contributed by atoms with Gasteiger partial charge in [-0.25, -0.2) is 8.60 Å². The minimum atomic E-state index is -1.89. The quantitative estimate of drug-likeness (QED) is 0.784. The summed E-state index contributed by atoms with van der Waals surface area (Å²) in [5, 5.41) is 14.4. The predicted molar refractivity (Wildman–Crippen MR) is 97.6 cm³/mol. The number of rotatable bonds is 4. The van der Waals surface area contributed by atoms with Gasteiger partial charge in [0.25, 0.3) is 5.91 Å². The lowest BCUT2D eigenvalue weighted by Gasteiger charge is -2.30. The molecule has 0 aliphatic carbocycles. The highest BCUT2D eigenvalue weighted by Crippen LogP contribution is 2.38. The number of aromatic nitrogens is 2. The van der Waals surface area contributed by atoms with Crippen molar-refractivity contribution in [1.82, 2.24) is 19.4 Å². The zero-order valence-electron chi connectivity index (χ0n) is 14.8. The van der Waals surface area contributed by atoms with E-state index >= 15 is 4.39 Å². The standard InChI is InChI=1S/C17H20FN5O3S/c1-21-8-11(7-19-21)2-4-22-5-3-12-6-14(24)17(16(18)13(12)9-22)23-10-15(25)20-27(23)26/h6-8,24H,2-5,9-10H2,1H3,(H,20,25). The van der Waals surface area contributed by atoms with Gasteiger partial charge in [0.15, 0.2) is 5.82 Å². The maximum atomic E-state index is 15.2. The van der Waals surface area contributed by atoms with Gasteiger partial charge in [0.2, 0.25) is 11.2 Å². The van der Waals surface area contributed by atoms with Gasteiger partial charge in [0, 0.05) is 38.4 Å². The van der Waals surface area contributed by atoms with Crippen LogP contribution in [0, 0.1) is 5.82 Å². The van der Waals surface area contributed by atoms with E-state index < -0.39 is 22.9 Å². The SMILES string of the molecule is Cn1cc(CCN2CCc3cc(O)c(N4CC(=O)NS4=O)c(F)c3C2)cn1. The molecule has 1 aromatic carbocycles. The number of phenols is 1. The third-order valence-electron chi connectivity index (χ3n) is 4.91. The van der Waals surface area contributed by atoms with Crippen LogP contribution in [0.1, 0.15) is 16.7 Å². The van der Waals surface area contributed by atoms with E-state index in [1.165, 1.54) is 6.07 Å². The molecule has 1 unspecified atom stereocenters. The van der Waals surface area contributed by atoms with Gasteiger partial charge in [-0.3, -0.25) is 23.4 Å². The van der Waals surface area contributed by atoms with Crippen molar-refractivity contribution in [3.05, 3.63) is 41.0 Å². The van der Waals surface area contributed by atoms with Gasteiger partial charge in [0.1, 0.15) is 18.0 Å². The molecule has 0 radical (unpaired) electrons. The van der Waals surface area contributed by atoms with Gasteiger partial charge in [0.05, 0.1) is 6.20 Å². The Morgan fingerprint density at radius 2 is 2.22 bits per heavy atom. The van der Waals surface area contributed by atoms with Crippen LogP contribution in [0.4, 0.5) is 10.1 Å². The van der Waals surface area contributed by atoms with E-state index in [1.54, 1.807) is 4.68 Å². The predicted octanol–water partition coefficient (Wildman–Crippen LogP) is 0.380. The smallest absolute Gasteiger partial charge is 0.253 e. The summed E-state index contributed by atoms with van der Waals surface area (Å²) in [5.41, 5.74) is 2.17. The minimum absolute atomic E-state index is 0.181. The number of nitrogens with one attached hydrogen (secondary N) is 1. The molecule has 0 bridgehead atoms. The Morgan fingerprint density at radius 3 is 2.89 bits per heavy atom. The zero-order valence-corrected chi connectivity index (χ0v) is 15.6. The van der Waals surface area contributed by atoms with Crippen LogP contribution in [-0.2, 0) is 42.4 Å². The number of hydrogen-bond acceptors (Lipinski definition) is 5. The molecule has 1 fully saturated rings. The number of hydrogen-bond donors (Lipinski definition) is 2. The Labute approximate surface area is 158 Å². The highest BCUT2D eigenvalue weighted by molar-refractivity contribution is 7.85. The van der Waals surface area contributed by atoms with E-state index in [2.05, 4.69) is 14.7 Å². The third kappa shape index (κ3) is 3.42. The highest BCUT2D eigenvalue weighted by atomic mass is 32.2. The van der Waals surface area contributed by atoms with Crippen molar-refractivity contribution in [1.29, 1.82) is 0 Å². The number of anilines is 1. The fourth-order valence-corrected chi connectivity index (χ4v) is 4.49. The summed E-state index contributed by atoms with van der Waals surface area (Å²) in [6, 6.07) is 1.52. The largest absolute Gasteiger partial charge is 0.506 e. The molecular formula is C17H20FN5O3S. The number of aryl methyl sites for hydroxylation is 1. The molecule has 10 heteroatoms. The number of phenolic OH excluding ortho intramolecular Hbond substituents is 1. The van der Waals surface area contributed by atoms with E-state index in [1.807, 2.05) is 19.4 Å². The van der Waals surface area contributed by atoms with Gasteiger partial charge in [-0.15, -0.1) is 0 Å². The molecular weight excluding hydrogens is 373 g/mol. The fraction of sp³-hybridized carbons (Fsp3) is 0.412. The summed E-state index contributed by atoms with van der Waals surface area (Å²) in [6.07, 6.45) is 5.21. The lowest BCUT2D eigenvalue weighted by molar-refractivity contribution is -0.117. The second-order valence-corrected chi connectivity index (χ2v) is 7.95. The average molecular weight is 393 g/mol. The van der Waals surface area contributed by atoms with Gasteiger partial charge in [-0.1, -0.05) is 0 Å². The van der Waals surface area contributed by atoms with E-state index in [0.717, 1.165) is 34.9 Å². The van der Waals surface area contributed by atoms with E-state index in [9.17, 15) is 14.1 Å². The summed E-state index contributed by atoms with van der Waals surface area (Å²) < 4.78 is 32.2. The van der Waals surface area contributed by atoms with Crippen LogP contribution in [0.25, 0.3) is 0 Å². The number of halogens is 1. The Balaban J connectivity index is 1.56. The summed E-state index contributed by atoms with van der Waals surface area (Å²) in [7, 11) is 1.87. The number of nitrogens with zero attached hydrogens (tertiary/aromatic N) is 4. The molecule has 8 nitrogen and oxygen atoms in total. The molecule has 3 heterocycles. The summed E-state index contributed by atoms with van der Waals surface area (Å²) >= 11 is -1.89. The van der Waals surface area contributed by atoms with Crippen molar-refractivity contribution in [2.24, 2.45) is 7.05 Å². The molecule has 1 atom stereocenters. The first-order valence-corrected chi connectivity index (χ1v) is 9.75. The van der Waals surface area contributed by atoms with Crippen molar-refractivity contribution < 1.29 is 18.5 Å². The Morgan fingerprint density at radius 1 is 1.41 bits per heavy atom. The van der Waals surface area contributed by atoms with Crippen LogP contribution >= 0.6 is 0 Å². The molecule has 0 saturated carbocycles. The highest BCUT2D eigenvalue weighted by Gasteiger charge is 2.34. The average Bonchev–Trinajstić information content (AvgIpc) is 3.18. The van der Waals surface area contributed by atoms with Crippen LogP contribution in [-0.4, -0.2) is 49.5 Å². The van der Waals surface area contributed by atoms with Gasteiger partial charge < -0.3 is 5.11 Å². The summed E-state index contributed by atoms with van der Waals surface area (Å²) in [5.74, 6) is -1.37. The van der Waals surface area contributed by atoms with Crippen LogP contribution in [0.5, 0.6) is 5.75 Å².